The third-order valence-corrected chi connectivity index (χ3v) is 2.40. The van der Waals surface area contributed by atoms with Crippen molar-refractivity contribution in [1.82, 2.24) is 0 Å². The first-order valence-corrected chi connectivity index (χ1v) is 5.31. The number of ketones is 1. The topological polar surface area (TPSA) is 17.1 Å². The van der Waals surface area contributed by atoms with E-state index in [1.54, 1.807) is 0 Å². The molecule has 0 saturated carbocycles. The number of hydrogen-bond acceptors (Lipinski definition) is 1. The standard InChI is InChI=1S/C14H18O/c1-10(2)13(11(3)4)14(15)12-8-6-5-7-9-12/h5-10H,1-4H3. The number of benzene rings is 1. The maximum atomic E-state index is 12.2. The highest BCUT2D eigenvalue weighted by Gasteiger charge is 2.16. The van der Waals surface area contributed by atoms with E-state index < -0.39 is 0 Å². The molecule has 0 fully saturated rings. The van der Waals surface area contributed by atoms with Crippen LogP contribution in [0.5, 0.6) is 0 Å². The number of carbonyl (C=O) groups is 1. The Labute approximate surface area is 91.8 Å². The van der Waals surface area contributed by atoms with Crippen LogP contribution in [0, 0.1) is 5.92 Å². The summed E-state index contributed by atoms with van der Waals surface area (Å²) in [5.74, 6) is 0.438. The molecule has 0 saturated heterocycles. The van der Waals surface area contributed by atoms with Crippen LogP contribution in [0.25, 0.3) is 0 Å². The van der Waals surface area contributed by atoms with E-state index in [1.807, 2.05) is 44.2 Å². The normalized spacial score (nSPS) is 10.2. The van der Waals surface area contributed by atoms with Gasteiger partial charge in [-0.2, -0.15) is 0 Å². The van der Waals surface area contributed by atoms with Crippen LogP contribution in [0.15, 0.2) is 41.5 Å². The molecular weight excluding hydrogens is 184 g/mol. The molecule has 0 aromatic heterocycles. The summed E-state index contributed by atoms with van der Waals surface area (Å²) >= 11 is 0. The van der Waals surface area contributed by atoms with E-state index in [1.165, 1.54) is 0 Å². The summed E-state index contributed by atoms with van der Waals surface area (Å²) in [7, 11) is 0. The van der Waals surface area contributed by atoms with E-state index in [2.05, 4.69) is 13.8 Å². The van der Waals surface area contributed by atoms with Crippen LogP contribution in [0.4, 0.5) is 0 Å². The van der Waals surface area contributed by atoms with Gasteiger partial charge in [0.05, 0.1) is 0 Å². The molecule has 15 heavy (non-hydrogen) atoms. The van der Waals surface area contributed by atoms with Gasteiger partial charge in [-0.25, -0.2) is 0 Å². The summed E-state index contributed by atoms with van der Waals surface area (Å²) in [6.07, 6.45) is 0. The van der Waals surface area contributed by atoms with Crippen LogP contribution >= 0.6 is 0 Å². The van der Waals surface area contributed by atoms with Gasteiger partial charge >= 0.3 is 0 Å². The molecule has 1 nitrogen and oxygen atoms in total. The minimum absolute atomic E-state index is 0.158. The van der Waals surface area contributed by atoms with E-state index in [9.17, 15) is 4.79 Å². The second-order valence-electron chi connectivity index (χ2n) is 4.26. The molecule has 0 amide bonds. The van der Waals surface area contributed by atoms with Gasteiger partial charge in [-0.3, -0.25) is 4.79 Å². The smallest absolute Gasteiger partial charge is 0.189 e. The summed E-state index contributed by atoms with van der Waals surface area (Å²) in [5.41, 5.74) is 2.82. The molecule has 0 aliphatic heterocycles. The van der Waals surface area contributed by atoms with E-state index in [0.29, 0.717) is 0 Å². The maximum Gasteiger partial charge on any atom is 0.189 e. The van der Waals surface area contributed by atoms with Crippen molar-refractivity contribution >= 4 is 5.78 Å². The molecule has 80 valence electrons. The van der Waals surface area contributed by atoms with Gasteiger partial charge in [0.15, 0.2) is 5.78 Å². The lowest BCUT2D eigenvalue weighted by atomic mass is 9.91. The van der Waals surface area contributed by atoms with Crippen LogP contribution in [-0.4, -0.2) is 5.78 Å². The third kappa shape index (κ3) is 2.79. The second-order valence-corrected chi connectivity index (χ2v) is 4.26. The van der Waals surface area contributed by atoms with Gasteiger partial charge in [0.1, 0.15) is 0 Å². The van der Waals surface area contributed by atoms with Crippen LogP contribution in [0.1, 0.15) is 38.1 Å². The Morgan fingerprint density at radius 1 is 1.07 bits per heavy atom. The number of rotatable bonds is 3. The Balaban J connectivity index is 3.09. The quantitative estimate of drug-likeness (QED) is 0.537. The molecule has 0 atom stereocenters. The molecule has 0 N–H and O–H groups in total. The average molecular weight is 202 g/mol. The predicted molar refractivity (Wildman–Crippen MR) is 64.0 cm³/mol. The number of allylic oxidation sites excluding steroid dienone is 2. The van der Waals surface area contributed by atoms with E-state index in [4.69, 9.17) is 0 Å². The van der Waals surface area contributed by atoms with Gasteiger partial charge in [0.2, 0.25) is 0 Å². The molecule has 1 heteroatoms. The fourth-order valence-electron chi connectivity index (χ4n) is 1.81. The van der Waals surface area contributed by atoms with E-state index in [0.717, 1.165) is 16.7 Å². The summed E-state index contributed by atoms with van der Waals surface area (Å²) in [6, 6.07) is 9.46. The van der Waals surface area contributed by atoms with Gasteiger partial charge in [0.25, 0.3) is 0 Å². The zero-order valence-electron chi connectivity index (χ0n) is 9.87. The highest BCUT2D eigenvalue weighted by Crippen LogP contribution is 2.19. The minimum Gasteiger partial charge on any atom is -0.289 e. The fourth-order valence-corrected chi connectivity index (χ4v) is 1.81. The van der Waals surface area contributed by atoms with Crippen LogP contribution in [0.2, 0.25) is 0 Å². The molecule has 0 aliphatic rings. The molecule has 0 spiro atoms. The SMILES string of the molecule is CC(C)=C(C(=O)c1ccccc1)C(C)C. The van der Waals surface area contributed by atoms with Gasteiger partial charge in [-0.05, 0) is 19.8 Å². The second kappa shape index (κ2) is 4.92. The largest absolute Gasteiger partial charge is 0.289 e. The minimum atomic E-state index is 0.158. The molecular formula is C14H18O. The summed E-state index contributed by atoms with van der Waals surface area (Å²) in [6.45, 7) is 8.11. The molecule has 0 aliphatic carbocycles. The Morgan fingerprint density at radius 3 is 2.00 bits per heavy atom. The van der Waals surface area contributed by atoms with Crippen molar-refractivity contribution in [2.45, 2.75) is 27.7 Å². The lowest BCUT2D eigenvalue weighted by molar-refractivity contribution is 0.102. The lowest BCUT2D eigenvalue weighted by Crippen LogP contribution is -2.10. The van der Waals surface area contributed by atoms with Crippen molar-refractivity contribution in [3.05, 3.63) is 47.0 Å². The van der Waals surface area contributed by atoms with Gasteiger partial charge in [-0.15, -0.1) is 0 Å². The van der Waals surface area contributed by atoms with Crippen molar-refractivity contribution in [3.8, 4) is 0 Å². The fraction of sp³-hybridized carbons (Fsp3) is 0.357. The van der Waals surface area contributed by atoms with Gasteiger partial charge in [-0.1, -0.05) is 49.8 Å². The highest BCUT2D eigenvalue weighted by atomic mass is 16.1. The first kappa shape index (κ1) is 11.7. The average Bonchev–Trinajstić information content (AvgIpc) is 2.18. The summed E-state index contributed by atoms with van der Waals surface area (Å²) in [4.78, 5) is 12.2. The van der Waals surface area contributed by atoms with Crippen molar-refractivity contribution < 1.29 is 4.79 Å². The zero-order valence-corrected chi connectivity index (χ0v) is 9.87. The van der Waals surface area contributed by atoms with Crippen LogP contribution in [-0.2, 0) is 0 Å². The molecule has 0 radical (unpaired) electrons. The van der Waals surface area contributed by atoms with E-state index in [-0.39, 0.29) is 11.7 Å². The number of hydrogen-bond donors (Lipinski definition) is 0. The van der Waals surface area contributed by atoms with E-state index >= 15 is 0 Å². The summed E-state index contributed by atoms with van der Waals surface area (Å²) < 4.78 is 0. The van der Waals surface area contributed by atoms with Crippen molar-refractivity contribution in [1.29, 1.82) is 0 Å². The number of Topliss-reactive ketones (excluding diaryl/α,β-unsaturated/α-hetero) is 1. The first-order valence-electron chi connectivity index (χ1n) is 5.31. The van der Waals surface area contributed by atoms with Gasteiger partial charge in [0, 0.05) is 11.1 Å². The molecule has 0 bridgehead atoms. The van der Waals surface area contributed by atoms with Crippen molar-refractivity contribution in [2.75, 3.05) is 0 Å². The number of carbonyl (C=O) groups excluding carboxylic acids is 1. The molecule has 1 aromatic carbocycles. The van der Waals surface area contributed by atoms with Crippen LogP contribution < -0.4 is 0 Å². The predicted octanol–water partition coefficient (Wildman–Crippen LogP) is 3.86. The Kier molecular flexibility index (Phi) is 3.84. The first-order chi connectivity index (χ1) is 7.04. The molecule has 0 unspecified atom stereocenters. The highest BCUT2D eigenvalue weighted by molar-refractivity contribution is 6.09. The summed E-state index contributed by atoms with van der Waals surface area (Å²) in [5, 5.41) is 0. The van der Waals surface area contributed by atoms with Crippen LogP contribution in [0.3, 0.4) is 0 Å². The van der Waals surface area contributed by atoms with Gasteiger partial charge < -0.3 is 0 Å². The zero-order chi connectivity index (χ0) is 11.4. The lowest BCUT2D eigenvalue weighted by Gasteiger charge is -2.12. The Morgan fingerprint density at radius 2 is 1.60 bits per heavy atom. The van der Waals surface area contributed by atoms with Crippen molar-refractivity contribution in [2.24, 2.45) is 5.92 Å². The molecule has 1 aromatic rings. The van der Waals surface area contributed by atoms with Crippen molar-refractivity contribution in [3.63, 3.8) is 0 Å². The maximum absolute atomic E-state index is 12.2. The Bertz CT molecular complexity index is 368. The third-order valence-electron chi connectivity index (χ3n) is 2.40. The Hall–Kier alpha value is -1.37. The molecule has 0 heterocycles. The molecule has 1 rings (SSSR count). The monoisotopic (exact) mass is 202 g/mol.